The highest BCUT2D eigenvalue weighted by Crippen LogP contribution is 2.12. The lowest BCUT2D eigenvalue weighted by atomic mass is 10.1. The van der Waals surface area contributed by atoms with E-state index in [0.717, 1.165) is 24.3 Å². The first kappa shape index (κ1) is 20.7. The summed E-state index contributed by atoms with van der Waals surface area (Å²) in [6, 6.07) is 14.7. The molecule has 7 nitrogen and oxygen atoms in total. The second-order valence-electron chi connectivity index (χ2n) is 5.81. The van der Waals surface area contributed by atoms with Gasteiger partial charge in [-0.15, -0.1) is 0 Å². The zero-order valence-electron chi connectivity index (χ0n) is 15.8. The van der Waals surface area contributed by atoms with Crippen molar-refractivity contribution in [1.82, 2.24) is 15.4 Å². The molecule has 2 rings (SSSR count). The van der Waals surface area contributed by atoms with Crippen molar-refractivity contribution in [3.63, 3.8) is 0 Å². The maximum absolute atomic E-state index is 11.9. The zero-order valence-corrected chi connectivity index (χ0v) is 16.6. The molecule has 0 bridgehead atoms. The summed E-state index contributed by atoms with van der Waals surface area (Å²) in [4.78, 5) is 4.44. The van der Waals surface area contributed by atoms with Crippen LogP contribution in [0.5, 0.6) is 5.75 Å². The standard InChI is InChI=1S/C19H26N4O3S/c1-20-19(22-12-11-15-7-9-17(26-3)10-8-15)23-14-16-5-4-6-18(13-16)27(24,25)21-2/h4-10,13,21H,11-12,14H2,1-3H3,(H2,20,22,23). The maximum Gasteiger partial charge on any atom is 0.240 e. The molecule has 0 aromatic heterocycles. The fourth-order valence-corrected chi connectivity index (χ4v) is 3.26. The monoisotopic (exact) mass is 390 g/mol. The Morgan fingerprint density at radius 3 is 2.44 bits per heavy atom. The number of guanidine groups is 1. The Balaban J connectivity index is 1.86. The van der Waals surface area contributed by atoms with E-state index >= 15 is 0 Å². The summed E-state index contributed by atoms with van der Waals surface area (Å²) in [5.41, 5.74) is 2.05. The lowest BCUT2D eigenvalue weighted by Crippen LogP contribution is -2.37. The van der Waals surface area contributed by atoms with E-state index in [1.165, 1.54) is 12.6 Å². The quantitative estimate of drug-likeness (QED) is 0.469. The van der Waals surface area contributed by atoms with Gasteiger partial charge in [0.25, 0.3) is 0 Å². The average Bonchev–Trinajstić information content (AvgIpc) is 2.71. The van der Waals surface area contributed by atoms with E-state index in [1.54, 1.807) is 32.4 Å². The van der Waals surface area contributed by atoms with Crippen LogP contribution in [-0.4, -0.2) is 42.1 Å². The normalized spacial score (nSPS) is 11.9. The van der Waals surface area contributed by atoms with Gasteiger partial charge in [0.1, 0.15) is 5.75 Å². The number of aliphatic imine (C=N–C) groups is 1. The molecular formula is C19H26N4O3S. The highest BCUT2D eigenvalue weighted by atomic mass is 32.2. The lowest BCUT2D eigenvalue weighted by molar-refractivity contribution is 0.414. The SMILES string of the molecule is CN=C(NCCc1ccc(OC)cc1)NCc1cccc(S(=O)(=O)NC)c1. The van der Waals surface area contributed by atoms with E-state index in [9.17, 15) is 8.42 Å². The minimum atomic E-state index is -3.45. The van der Waals surface area contributed by atoms with Crippen LogP contribution in [0.25, 0.3) is 0 Å². The molecule has 0 aliphatic carbocycles. The lowest BCUT2D eigenvalue weighted by Gasteiger charge is -2.13. The Morgan fingerprint density at radius 2 is 1.81 bits per heavy atom. The number of methoxy groups -OCH3 is 1. The fourth-order valence-electron chi connectivity index (χ4n) is 2.46. The molecule has 0 saturated carbocycles. The van der Waals surface area contributed by atoms with Gasteiger partial charge in [0, 0.05) is 20.1 Å². The smallest absolute Gasteiger partial charge is 0.240 e. The minimum absolute atomic E-state index is 0.242. The highest BCUT2D eigenvalue weighted by Gasteiger charge is 2.11. The van der Waals surface area contributed by atoms with Gasteiger partial charge >= 0.3 is 0 Å². The van der Waals surface area contributed by atoms with E-state index in [4.69, 9.17) is 4.74 Å². The van der Waals surface area contributed by atoms with Crippen molar-refractivity contribution in [3.8, 4) is 5.75 Å². The number of rotatable bonds is 8. The molecule has 8 heteroatoms. The number of ether oxygens (including phenoxy) is 1. The van der Waals surface area contributed by atoms with Crippen molar-refractivity contribution < 1.29 is 13.2 Å². The first-order valence-corrected chi connectivity index (χ1v) is 10.1. The van der Waals surface area contributed by atoms with Crippen LogP contribution in [-0.2, 0) is 23.0 Å². The average molecular weight is 391 g/mol. The largest absolute Gasteiger partial charge is 0.497 e. The van der Waals surface area contributed by atoms with E-state index in [2.05, 4.69) is 20.3 Å². The summed E-state index contributed by atoms with van der Waals surface area (Å²) < 4.78 is 31.2. The van der Waals surface area contributed by atoms with Crippen molar-refractivity contribution in [3.05, 3.63) is 59.7 Å². The second kappa shape index (κ2) is 9.94. The van der Waals surface area contributed by atoms with Crippen LogP contribution in [0.2, 0.25) is 0 Å². The van der Waals surface area contributed by atoms with Crippen LogP contribution in [0.3, 0.4) is 0 Å². The van der Waals surface area contributed by atoms with Gasteiger partial charge in [0.15, 0.2) is 5.96 Å². The topological polar surface area (TPSA) is 91.8 Å². The van der Waals surface area contributed by atoms with Gasteiger partial charge in [-0.05, 0) is 48.9 Å². The number of nitrogens with zero attached hydrogens (tertiary/aromatic N) is 1. The number of nitrogens with one attached hydrogen (secondary N) is 3. The minimum Gasteiger partial charge on any atom is -0.497 e. The Hall–Kier alpha value is -2.58. The molecule has 0 spiro atoms. The van der Waals surface area contributed by atoms with Crippen molar-refractivity contribution >= 4 is 16.0 Å². The summed E-state index contributed by atoms with van der Waals surface area (Å²) in [6.45, 7) is 1.19. The molecule has 0 amide bonds. The van der Waals surface area contributed by atoms with Gasteiger partial charge in [-0.25, -0.2) is 13.1 Å². The highest BCUT2D eigenvalue weighted by molar-refractivity contribution is 7.89. The summed E-state index contributed by atoms with van der Waals surface area (Å²) >= 11 is 0. The van der Waals surface area contributed by atoms with Gasteiger partial charge in [0.2, 0.25) is 10.0 Å². The predicted octanol–water partition coefficient (Wildman–Crippen LogP) is 1.51. The zero-order chi connectivity index (χ0) is 19.7. The Kier molecular flexibility index (Phi) is 7.63. The molecule has 3 N–H and O–H groups in total. The van der Waals surface area contributed by atoms with E-state index in [-0.39, 0.29) is 4.90 Å². The van der Waals surface area contributed by atoms with E-state index in [1.807, 2.05) is 30.3 Å². The van der Waals surface area contributed by atoms with Crippen molar-refractivity contribution in [2.24, 2.45) is 4.99 Å². The third-order valence-corrected chi connectivity index (χ3v) is 5.44. The van der Waals surface area contributed by atoms with Crippen molar-refractivity contribution in [2.75, 3.05) is 27.7 Å². The van der Waals surface area contributed by atoms with Crippen LogP contribution in [0, 0.1) is 0 Å². The molecule has 0 heterocycles. The Morgan fingerprint density at radius 1 is 1.07 bits per heavy atom. The Bertz CT molecular complexity index is 865. The second-order valence-corrected chi connectivity index (χ2v) is 7.69. The Labute approximate surface area is 160 Å². The molecule has 0 atom stereocenters. The van der Waals surface area contributed by atoms with Crippen molar-refractivity contribution in [1.29, 1.82) is 0 Å². The summed E-state index contributed by atoms with van der Waals surface area (Å²) in [5.74, 6) is 1.50. The maximum atomic E-state index is 11.9. The number of hydrogen-bond acceptors (Lipinski definition) is 4. The number of benzene rings is 2. The van der Waals surface area contributed by atoms with E-state index in [0.29, 0.717) is 12.5 Å². The van der Waals surface area contributed by atoms with Crippen LogP contribution < -0.4 is 20.1 Å². The van der Waals surface area contributed by atoms with Crippen LogP contribution >= 0.6 is 0 Å². The summed E-state index contributed by atoms with van der Waals surface area (Å²) in [5, 5.41) is 6.44. The van der Waals surface area contributed by atoms with Crippen molar-refractivity contribution in [2.45, 2.75) is 17.9 Å². The summed E-state index contributed by atoms with van der Waals surface area (Å²) in [7, 11) is 1.30. The molecule has 0 radical (unpaired) electrons. The summed E-state index contributed by atoms with van der Waals surface area (Å²) in [6.07, 6.45) is 0.848. The molecule has 0 aliphatic heterocycles. The third kappa shape index (κ3) is 6.26. The first-order chi connectivity index (χ1) is 13.0. The molecule has 2 aromatic rings. The molecule has 0 fully saturated rings. The van der Waals surface area contributed by atoms with Gasteiger partial charge in [-0.2, -0.15) is 0 Å². The predicted molar refractivity (Wildman–Crippen MR) is 108 cm³/mol. The first-order valence-electron chi connectivity index (χ1n) is 8.58. The molecule has 0 unspecified atom stereocenters. The van der Waals surface area contributed by atoms with E-state index < -0.39 is 10.0 Å². The van der Waals surface area contributed by atoms with Crippen LogP contribution in [0.4, 0.5) is 0 Å². The molecule has 0 saturated heterocycles. The van der Waals surface area contributed by atoms with Gasteiger partial charge in [-0.3, -0.25) is 4.99 Å². The van der Waals surface area contributed by atoms with Crippen LogP contribution in [0.1, 0.15) is 11.1 Å². The molecular weight excluding hydrogens is 364 g/mol. The molecule has 2 aromatic carbocycles. The molecule has 27 heavy (non-hydrogen) atoms. The van der Waals surface area contributed by atoms with Gasteiger partial charge in [0.05, 0.1) is 12.0 Å². The fraction of sp³-hybridized carbons (Fsp3) is 0.316. The van der Waals surface area contributed by atoms with Crippen LogP contribution in [0.15, 0.2) is 58.4 Å². The number of hydrogen-bond donors (Lipinski definition) is 3. The molecule has 146 valence electrons. The van der Waals surface area contributed by atoms with Gasteiger partial charge in [-0.1, -0.05) is 24.3 Å². The third-order valence-electron chi connectivity index (χ3n) is 4.03. The number of sulfonamides is 1. The van der Waals surface area contributed by atoms with Gasteiger partial charge < -0.3 is 15.4 Å². The molecule has 0 aliphatic rings.